The lowest BCUT2D eigenvalue weighted by atomic mass is 9.89. The SMILES string of the molecule is Brc1cnn2c(NCc3cccnc3)cc(NCC3CCCCC3)nc12. The lowest BCUT2D eigenvalue weighted by molar-refractivity contribution is 0.373. The standard InChI is InChI=1S/C19H23BrN6/c20-16-13-24-26-18(23-12-15-7-4-8-21-10-15)9-17(25-19(16)26)22-11-14-5-2-1-3-6-14/h4,7-10,13-14,23H,1-3,5-6,11-12H2,(H,22,25). The fourth-order valence-electron chi connectivity index (χ4n) is 3.49. The molecule has 3 heterocycles. The number of pyridine rings is 1. The third kappa shape index (κ3) is 3.98. The van der Waals surface area contributed by atoms with E-state index in [1.165, 1.54) is 32.1 Å². The molecule has 4 rings (SSSR count). The Morgan fingerprint density at radius 1 is 1.15 bits per heavy atom. The van der Waals surface area contributed by atoms with Gasteiger partial charge < -0.3 is 10.6 Å². The molecule has 3 aromatic heterocycles. The van der Waals surface area contributed by atoms with E-state index in [4.69, 9.17) is 4.98 Å². The van der Waals surface area contributed by atoms with Crippen LogP contribution in [0.3, 0.4) is 0 Å². The van der Waals surface area contributed by atoms with E-state index in [0.29, 0.717) is 6.54 Å². The first-order valence-electron chi connectivity index (χ1n) is 9.20. The molecule has 0 radical (unpaired) electrons. The van der Waals surface area contributed by atoms with Crippen molar-refractivity contribution < 1.29 is 0 Å². The monoisotopic (exact) mass is 414 g/mol. The minimum absolute atomic E-state index is 0.687. The molecule has 7 heteroatoms. The number of aromatic nitrogens is 4. The highest BCUT2D eigenvalue weighted by Crippen LogP contribution is 2.26. The largest absolute Gasteiger partial charge is 0.370 e. The molecular formula is C19H23BrN6. The third-order valence-corrected chi connectivity index (χ3v) is 5.48. The molecule has 3 aromatic rings. The van der Waals surface area contributed by atoms with Crippen LogP contribution in [0.2, 0.25) is 0 Å². The van der Waals surface area contributed by atoms with Gasteiger partial charge in [-0.05, 0) is 46.3 Å². The lowest BCUT2D eigenvalue weighted by Crippen LogP contribution is -2.18. The van der Waals surface area contributed by atoms with Crippen LogP contribution >= 0.6 is 15.9 Å². The van der Waals surface area contributed by atoms with Gasteiger partial charge in [0, 0.05) is 31.5 Å². The zero-order valence-electron chi connectivity index (χ0n) is 14.7. The molecule has 1 fully saturated rings. The number of nitrogens with one attached hydrogen (secondary N) is 2. The fourth-order valence-corrected chi connectivity index (χ4v) is 3.84. The van der Waals surface area contributed by atoms with E-state index < -0.39 is 0 Å². The van der Waals surface area contributed by atoms with Crippen LogP contribution in [0.5, 0.6) is 0 Å². The Balaban J connectivity index is 1.52. The minimum Gasteiger partial charge on any atom is -0.370 e. The molecule has 0 aromatic carbocycles. The summed E-state index contributed by atoms with van der Waals surface area (Å²) in [5.74, 6) is 2.55. The smallest absolute Gasteiger partial charge is 0.173 e. The minimum atomic E-state index is 0.687. The molecule has 0 bridgehead atoms. The average molecular weight is 415 g/mol. The maximum atomic E-state index is 4.72. The maximum absolute atomic E-state index is 4.72. The lowest BCUT2D eigenvalue weighted by Gasteiger charge is -2.22. The van der Waals surface area contributed by atoms with Gasteiger partial charge in [0.1, 0.15) is 11.6 Å². The van der Waals surface area contributed by atoms with Crippen molar-refractivity contribution in [3.8, 4) is 0 Å². The number of fused-ring (bicyclic) bond motifs is 1. The van der Waals surface area contributed by atoms with Crippen molar-refractivity contribution in [3.05, 3.63) is 46.8 Å². The van der Waals surface area contributed by atoms with Crippen LogP contribution in [0.4, 0.5) is 11.6 Å². The van der Waals surface area contributed by atoms with Crippen LogP contribution < -0.4 is 10.6 Å². The summed E-state index contributed by atoms with van der Waals surface area (Å²) in [4.78, 5) is 8.89. The Morgan fingerprint density at radius 3 is 2.85 bits per heavy atom. The van der Waals surface area contributed by atoms with Crippen molar-refractivity contribution in [2.45, 2.75) is 38.6 Å². The van der Waals surface area contributed by atoms with E-state index in [1.54, 1.807) is 12.4 Å². The summed E-state index contributed by atoms with van der Waals surface area (Å²) >= 11 is 3.55. The molecule has 136 valence electrons. The van der Waals surface area contributed by atoms with E-state index in [2.05, 4.69) is 42.7 Å². The first-order chi connectivity index (χ1) is 12.8. The van der Waals surface area contributed by atoms with Crippen LogP contribution in [0.1, 0.15) is 37.7 Å². The summed E-state index contributed by atoms with van der Waals surface area (Å²) in [6.07, 6.45) is 12.2. The molecule has 2 N–H and O–H groups in total. The van der Waals surface area contributed by atoms with Crippen molar-refractivity contribution in [2.24, 2.45) is 5.92 Å². The highest BCUT2D eigenvalue weighted by atomic mass is 79.9. The Kier molecular flexibility index (Phi) is 5.34. The van der Waals surface area contributed by atoms with Gasteiger partial charge in [-0.15, -0.1) is 0 Å². The number of rotatable bonds is 6. The molecule has 0 spiro atoms. The van der Waals surface area contributed by atoms with Gasteiger partial charge in [0.05, 0.1) is 10.7 Å². The van der Waals surface area contributed by atoms with Gasteiger partial charge in [0.2, 0.25) is 0 Å². The van der Waals surface area contributed by atoms with Crippen molar-refractivity contribution in [3.63, 3.8) is 0 Å². The van der Waals surface area contributed by atoms with Crippen LogP contribution in [-0.4, -0.2) is 26.1 Å². The Morgan fingerprint density at radius 2 is 2.04 bits per heavy atom. The van der Waals surface area contributed by atoms with E-state index in [-0.39, 0.29) is 0 Å². The third-order valence-electron chi connectivity index (χ3n) is 4.92. The van der Waals surface area contributed by atoms with Gasteiger partial charge in [-0.2, -0.15) is 9.61 Å². The second kappa shape index (κ2) is 8.03. The summed E-state index contributed by atoms with van der Waals surface area (Å²) < 4.78 is 2.72. The number of hydrogen-bond acceptors (Lipinski definition) is 5. The highest BCUT2D eigenvalue weighted by molar-refractivity contribution is 9.10. The number of anilines is 2. The Bertz CT molecular complexity index is 857. The van der Waals surface area contributed by atoms with Gasteiger partial charge in [-0.25, -0.2) is 4.98 Å². The molecule has 1 aliphatic rings. The fraction of sp³-hybridized carbons (Fsp3) is 0.421. The molecule has 6 nitrogen and oxygen atoms in total. The van der Waals surface area contributed by atoms with Crippen LogP contribution in [0.15, 0.2) is 41.3 Å². The van der Waals surface area contributed by atoms with Gasteiger partial charge in [-0.3, -0.25) is 4.98 Å². The zero-order chi connectivity index (χ0) is 17.8. The Hall–Kier alpha value is -2.15. The van der Waals surface area contributed by atoms with Crippen molar-refractivity contribution in [1.29, 1.82) is 0 Å². The number of nitrogens with zero attached hydrogens (tertiary/aromatic N) is 4. The first kappa shape index (κ1) is 17.3. The molecule has 0 saturated heterocycles. The molecule has 0 unspecified atom stereocenters. The van der Waals surface area contributed by atoms with E-state index >= 15 is 0 Å². The van der Waals surface area contributed by atoms with Gasteiger partial charge >= 0.3 is 0 Å². The quantitative estimate of drug-likeness (QED) is 0.621. The van der Waals surface area contributed by atoms with Crippen molar-refractivity contribution in [2.75, 3.05) is 17.2 Å². The second-order valence-electron chi connectivity index (χ2n) is 6.85. The van der Waals surface area contributed by atoms with Crippen LogP contribution in [-0.2, 0) is 6.54 Å². The first-order valence-corrected chi connectivity index (χ1v) is 10.00. The molecule has 1 saturated carbocycles. The number of hydrogen-bond donors (Lipinski definition) is 2. The van der Waals surface area contributed by atoms with E-state index in [1.807, 2.05) is 22.8 Å². The maximum Gasteiger partial charge on any atom is 0.173 e. The normalized spacial score (nSPS) is 15.3. The van der Waals surface area contributed by atoms with Gasteiger partial charge in [-0.1, -0.05) is 25.3 Å². The molecule has 0 atom stereocenters. The van der Waals surface area contributed by atoms with E-state index in [0.717, 1.165) is 39.8 Å². The van der Waals surface area contributed by atoms with Crippen molar-refractivity contribution >= 4 is 33.2 Å². The topological polar surface area (TPSA) is 67.1 Å². The van der Waals surface area contributed by atoms with Crippen LogP contribution in [0, 0.1) is 5.92 Å². The summed E-state index contributed by atoms with van der Waals surface area (Å²) in [5.41, 5.74) is 1.94. The predicted octanol–water partition coefficient (Wildman–Crippen LogP) is 4.49. The van der Waals surface area contributed by atoms with Gasteiger partial charge in [0.15, 0.2) is 5.65 Å². The second-order valence-corrected chi connectivity index (χ2v) is 7.71. The molecule has 0 amide bonds. The summed E-state index contributed by atoms with van der Waals surface area (Å²) in [5, 5.41) is 11.4. The summed E-state index contributed by atoms with van der Waals surface area (Å²) in [6, 6.07) is 6.03. The van der Waals surface area contributed by atoms with E-state index in [9.17, 15) is 0 Å². The summed E-state index contributed by atoms with van der Waals surface area (Å²) in [6.45, 7) is 1.67. The zero-order valence-corrected chi connectivity index (χ0v) is 16.2. The molecule has 0 aliphatic heterocycles. The molecule has 1 aliphatic carbocycles. The number of halogens is 1. The Labute approximate surface area is 161 Å². The average Bonchev–Trinajstić information content (AvgIpc) is 3.07. The van der Waals surface area contributed by atoms with Crippen LogP contribution in [0.25, 0.3) is 5.65 Å². The predicted molar refractivity (Wildman–Crippen MR) is 107 cm³/mol. The van der Waals surface area contributed by atoms with Crippen molar-refractivity contribution in [1.82, 2.24) is 19.6 Å². The molecule has 26 heavy (non-hydrogen) atoms. The summed E-state index contributed by atoms with van der Waals surface area (Å²) in [7, 11) is 0. The van der Waals surface area contributed by atoms with Gasteiger partial charge in [0.25, 0.3) is 0 Å². The molecular weight excluding hydrogens is 392 g/mol. The highest BCUT2D eigenvalue weighted by Gasteiger charge is 2.15.